The van der Waals surface area contributed by atoms with Gasteiger partial charge in [0.25, 0.3) is 0 Å². The molecule has 2 aromatic rings. The minimum absolute atomic E-state index is 0.137. The number of rotatable bonds is 6. The van der Waals surface area contributed by atoms with Crippen LogP contribution in [0.25, 0.3) is 11.3 Å². The smallest absolute Gasteiger partial charge is 0.331 e. The van der Waals surface area contributed by atoms with Gasteiger partial charge in [0, 0.05) is 11.8 Å². The number of ether oxygens (including phenoxy) is 4. The van der Waals surface area contributed by atoms with Crippen LogP contribution < -0.4 is 5.32 Å². The maximum absolute atomic E-state index is 11.3. The molecule has 4 atom stereocenters. The Balaban J connectivity index is 1.42. The Morgan fingerprint density at radius 3 is 3.00 bits per heavy atom. The van der Waals surface area contributed by atoms with Crippen LogP contribution in [0.15, 0.2) is 36.5 Å². The lowest BCUT2D eigenvalue weighted by Gasteiger charge is -2.18. The van der Waals surface area contributed by atoms with Crippen LogP contribution >= 0.6 is 0 Å². The molecule has 2 saturated heterocycles. The molecule has 4 unspecified atom stereocenters. The van der Waals surface area contributed by atoms with Crippen molar-refractivity contribution in [2.45, 2.75) is 24.4 Å². The van der Waals surface area contributed by atoms with E-state index in [4.69, 9.17) is 19.5 Å². The van der Waals surface area contributed by atoms with Gasteiger partial charge in [-0.1, -0.05) is 12.1 Å². The fourth-order valence-corrected chi connectivity index (χ4v) is 3.47. The van der Waals surface area contributed by atoms with Crippen molar-refractivity contribution in [3.8, 4) is 17.3 Å². The predicted molar refractivity (Wildman–Crippen MR) is 101 cm³/mol. The molecule has 1 aromatic heterocycles. The van der Waals surface area contributed by atoms with Crippen LogP contribution in [0.1, 0.15) is 5.56 Å². The first-order valence-corrected chi connectivity index (χ1v) is 9.19. The molecule has 0 amide bonds. The number of aromatic nitrogens is 2. The summed E-state index contributed by atoms with van der Waals surface area (Å²) in [6.45, 7) is 0.611. The summed E-state index contributed by atoms with van der Waals surface area (Å²) in [6.07, 6.45) is 0.834. The number of methoxy groups -OCH3 is 1. The van der Waals surface area contributed by atoms with E-state index in [1.165, 1.54) is 7.11 Å². The van der Waals surface area contributed by atoms with E-state index in [1.807, 2.05) is 12.1 Å². The van der Waals surface area contributed by atoms with Gasteiger partial charge in [-0.15, -0.1) is 0 Å². The highest BCUT2D eigenvalue weighted by atomic mass is 16.6. The number of nitrogens with one attached hydrogen (secondary N) is 1. The molecular weight excluding hydrogens is 376 g/mol. The van der Waals surface area contributed by atoms with Crippen molar-refractivity contribution in [3.63, 3.8) is 0 Å². The first-order chi connectivity index (χ1) is 14.2. The van der Waals surface area contributed by atoms with Gasteiger partial charge in [-0.3, -0.25) is 0 Å². The second kappa shape index (κ2) is 8.53. The normalized spacial score (nSPS) is 25.2. The van der Waals surface area contributed by atoms with E-state index in [0.717, 1.165) is 5.56 Å². The molecule has 1 aromatic carbocycles. The number of esters is 1. The van der Waals surface area contributed by atoms with Crippen molar-refractivity contribution in [1.82, 2.24) is 9.97 Å². The van der Waals surface area contributed by atoms with Crippen LogP contribution in [0, 0.1) is 11.3 Å². The lowest BCUT2D eigenvalue weighted by molar-refractivity contribution is -0.149. The molecule has 0 spiro atoms. The number of hydrogen-bond acceptors (Lipinski definition) is 9. The summed E-state index contributed by atoms with van der Waals surface area (Å²) in [7, 11) is 1.32. The standard InChI is InChI=1S/C20H20N4O5/c1-26-17(25)11-27-16-10-29-18-15(9-28-19(16)18)24-20-22-6-5-14(23-20)13-4-2-3-12(7-13)8-21/h2-7,15-16,18-19H,9-11H2,1H3,(H,22,23,24). The molecule has 3 heterocycles. The van der Waals surface area contributed by atoms with Gasteiger partial charge < -0.3 is 24.3 Å². The molecule has 0 aliphatic carbocycles. The third-order valence-corrected chi connectivity index (χ3v) is 4.91. The van der Waals surface area contributed by atoms with Crippen molar-refractivity contribution in [1.29, 1.82) is 5.26 Å². The molecule has 2 fully saturated rings. The zero-order chi connectivity index (χ0) is 20.2. The summed E-state index contributed by atoms with van der Waals surface area (Å²) < 4.78 is 21.8. The molecule has 2 aliphatic heterocycles. The molecule has 0 bridgehead atoms. The van der Waals surface area contributed by atoms with Crippen LogP contribution in [-0.2, 0) is 23.7 Å². The van der Waals surface area contributed by atoms with Crippen molar-refractivity contribution >= 4 is 11.9 Å². The molecular formula is C20H20N4O5. The second-order valence-electron chi connectivity index (χ2n) is 6.73. The number of carbonyl (C=O) groups is 1. The average Bonchev–Trinajstić information content (AvgIpc) is 3.35. The number of nitriles is 1. The van der Waals surface area contributed by atoms with Crippen LogP contribution in [0.4, 0.5) is 5.95 Å². The monoisotopic (exact) mass is 396 g/mol. The highest BCUT2D eigenvalue weighted by molar-refractivity contribution is 5.70. The number of benzene rings is 1. The first kappa shape index (κ1) is 19.3. The molecule has 0 saturated carbocycles. The number of fused-ring (bicyclic) bond motifs is 1. The molecule has 2 aliphatic rings. The third kappa shape index (κ3) is 4.19. The lowest BCUT2D eigenvalue weighted by Crippen LogP contribution is -2.37. The fraction of sp³-hybridized carbons (Fsp3) is 0.400. The number of carbonyl (C=O) groups excluding carboxylic acids is 1. The van der Waals surface area contributed by atoms with Gasteiger partial charge in [0.15, 0.2) is 0 Å². The van der Waals surface area contributed by atoms with Gasteiger partial charge in [0.05, 0.1) is 43.7 Å². The van der Waals surface area contributed by atoms with Gasteiger partial charge in [-0.2, -0.15) is 5.26 Å². The van der Waals surface area contributed by atoms with Crippen LogP contribution in [-0.4, -0.2) is 67.2 Å². The largest absolute Gasteiger partial charge is 0.467 e. The Labute approximate surface area is 167 Å². The Morgan fingerprint density at radius 1 is 1.31 bits per heavy atom. The lowest BCUT2D eigenvalue weighted by atomic mass is 10.1. The molecule has 9 nitrogen and oxygen atoms in total. The highest BCUT2D eigenvalue weighted by Gasteiger charge is 2.48. The maximum atomic E-state index is 11.3. The Morgan fingerprint density at radius 2 is 2.17 bits per heavy atom. The quantitative estimate of drug-likeness (QED) is 0.718. The molecule has 1 N–H and O–H groups in total. The first-order valence-electron chi connectivity index (χ1n) is 9.19. The summed E-state index contributed by atoms with van der Waals surface area (Å²) in [5.41, 5.74) is 2.12. The molecule has 4 rings (SSSR count). The van der Waals surface area contributed by atoms with E-state index in [-0.39, 0.29) is 31.0 Å². The van der Waals surface area contributed by atoms with Crippen molar-refractivity contribution in [2.75, 3.05) is 32.2 Å². The Hall–Kier alpha value is -3.06. The van der Waals surface area contributed by atoms with Crippen LogP contribution in [0.5, 0.6) is 0 Å². The predicted octanol–water partition coefficient (Wildman–Crippen LogP) is 1.15. The number of hydrogen-bond donors (Lipinski definition) is 1. The number of nitrogens with zero attached hydrogens (tertiary/aromatic N) is 3. The van der Waals surface area contributed by atoms with Gasteiger partial charge in [-0.25, -0.2) is 14.8 Å². The topological polar surface area (TPSA) is 116 Å². The molecule has 0 radical (unpaired) electrons. The van der Waals surface area contributed by atoms with E-state index >= 15 is 0 Å². The van der Waals surface area contributed by atoms with Gasteiger partial charge in [0.1, 0.15) is 24.9 Å². The van der Waals surface area contributed by atoms with E-state index in [2.05, 4.69) is 26.1 Å². The van der Waals surface area contributed by atoms with Crippen molar-refractivity contribution in [3.05, 3.63) is 42.1 Å². The van der Waals surface area contributed by atoms with E-state index in [9.17, 15) is 4.79 Å². The molecule has 9 heteroatoms. The average molecular weight is 396 g/mol. The Bertz CT molecular complexity index is 931. The minimum Gasteiger partial charge on any atom is -0.467 e. The zero-order valence-electron chi connectivity index (χ0n) is 15.8. The summed E-state index contributed by atoms with van der Waals surface area (Å²) >= 11 is 0. The van der Waals surface area contributed by atoms with E-state index in [0.29, 0.717) is 30.4 Å². The van der Waals surface area contributed by atoms with E-state index in [1.54, 1.807) is 24.4 Å². The highest BCUT2D eigenvalue weighted by Crippen LogP contribution is 2.30. The third-order valence-electron chi connectivity index (χ3n) is 4.91. The summed E-state index contributed by atoms with van der Waals surface area (Å²) in [6, 6.07) is 11.0. The fourth-order valence-electron chi connectivity index (χ4n) is 3.47. The van der Waals surface area contributed by atoms with Crippen LogP contribution in [0.3, 0.4) is 0 Å². The summed E-state index contributed by atoms with van der Waals surface area (Å²) in [4.78, 5) is 20.1. The maximum Gasteiger partial charge on any atom is 0.331 e. The summed E-state index contributed by atoms with van der Waals surface area (Å²) in [5, 5.41) is 12.3. The summed E-state index contributed by atoms with van der Waals surface area (Å²) in [5.74, 6) is 0.00782. The van der Waals surface area contributed by atoms with E-state index < -0.39 is 5.97 Å². The molecule has 150 valence electrons. The van der Waals surface area contributed by atoms with Gasteiger partial charge in [0.2, 0.25) is 5.95 Å². The second-order valence-corrected chi connectivity index (χ2v) is 6.73. The molecule has 29 heavy (non-hydrogen) atoms. The Kier molecular flexibility index (Phi) is 5.67. The number of anilines is 1. The van der Waals surface area contributed by atoms with Crippen molar-refractivity contribution in [2.24, 2.45) is 0 Å². The van der Waals surface area contributed by atoms with Gasteiger partial charge in [-0.05, 0) is 18.2 Å². The minimum atomic E-state index is -0.438. The van der Waals surface area contributed by atoms with Crippen LogP contribution in [0.2, 0.25) is 0 Å². The van der Waals surface area contributed by atoms with Crippen molar-refractivity contribution < 1.29 is 23.7 Å². The SMILES string of the molecule is COC(=O)COC1COC2C(Nc3nccc(-c4cccc(C#N)c4)n3)COC12. The van der Waals surface area contributed by atoms with Gasteiger partial charge >= 0.3 is 5.97 Å². The zero-order valence-corrected chi connectivity index (χ0v) is 15.8.